The van der Waals surface area contributed by atoms with E-state index in [4.69, 9.17) is 25.4 Å². The maximum absolute atomic E-state index is 11.7. The molecule has 0 unspecified atom stereocenters. The number of primary amides is 1. The number of morpholine rings is 1. The minimum Gasteiger partial charge on any atom is -0.378 e. The fourth-order valence-corrected chi connectivity index (χ4v) is 5.45. The molecule has 4 N–H and O–H groups in total. The van der Waals surface area contributed by atoms with Crippen LogP contribution in [0.5, 0.6) is 0 Å². The standard InChI is InChI=1S/C27H35N9O2/c1-4-36-21(16-34-14-17(15-34)33-27(2,3)26(28)37)30-22-24(35-10-12-38-13-11-35)31-23(32-25(22)36)19-6-5-7-20-18(19)8-9-29-20/h5-9,17,29,33H,4,10-16H2,1-3H3,(H2,28,37). The number of carbonyl (C=O) groups excluding carboxylic acids is 1. The highest BCUT2D eigenvalue weighted by Crippen LogP contribution is 2.32. The first-order valence-electron chi connectivity index (χ1n) is 13.3. The Bertz CT molecular complexity index is 1480. The second-order valence-electron chi connectivity index (χ2n) is 10.7. The van der Waals surface area contributed by atoms with Crippen LogP contribution < -0.4 is 16.0 Å². The van der Waals surface area contributed by atoms with Gasteiger partial charge in [0.25, 0.3) is 0 Å². The number of likely N-dealkylation sites (tertiary alicyclic amines) is 1. The van der Waals surface area contributed by atoms with Gasteiger partial charge in [-0.2, -0.15) is 0 Å². The number of benzene rings is 1. The highest BCUT2D eigenvalue weighted by molar-refractivity contribution is 5.95. The number of amides is 1. The number of anilines is 1. The number of aryl methyl sites for hydroxylation is 1. The molecule has 5 heterocycles. The van der Waals surface area contributed by atoms with Crippen molar-refractivity contribution in [3.8, 4) is 11.4 Å². The van der Waals surface area contributed by atoms with E-state index in [1.165, 1.54) is 0 Å². The van der Waals surface area contributed by atoms with Gasteiger partial charge in [-0.1, -0.05) is 12.1 Å². The normalized spacial score (nSPS) is 17.4. The van der Waals surface area contributed by atoms with Gasteiger partial charge in [0, 0.05) is 61.4 Å². The highest BCUT2D eigenvalue weighted by Gasteiger charge is 2.35. The Morgan fingerprint density at radius 2 is 1.97 bits per heavy atom. The van der Waals surface area contributed by atoms with Crippen LogP contribution in [0, 0.1) is 0 Å². The third-order valence-electron chi connectivity index (χ3n) is 7.62. The number of ether oxygens (including phenoxy) is 1. The molecule has 11 heteroatoms. The fourth-order valence-electron chi connectivity index (χ4n) is 5.45. The van der Waals surface area contributed by atoms with E-state index in [9.17, 15) is 4.79 Å². The van der Waals surface area contributed by atoms with Crippen LogP contribution in [-0.4, -0.2) is 86.3 Å². The van der Waals surface area contributed by atoms with Gasteiger partial charge < -0.3 is 24.9 Å². The van der Waals surface area contributed by atoms with Gasteiger partial charge in [0.15, 0.2) is 22.8 Å². The number of aromatic nitrogens is 5. The van der Waals surface area contributed by atoms with Gasteiger partial charge in [-0.25, -0.2) is 15.0 Å². The molecule has 0 radical (unpaired) electrons. The molecule has 3 aromatic heterocycles. The van der Waals surface area contributed by atoms with Gasteiger partial charge in [-0.05, 0) is 32.9 Å². The molecule has 200 valence electrons. The third kappa shape index (κ3) is 4.40. The van der Waals surface area contributed by atoms with Gasteiger partial charge >= 0.3 is 0 Å². The van der Waals surface area contributed by atoms with Crippen LogP contribution >= 0.6 is 0 Å². The molecule has 2 saturated heterocycles. The first-order chi connectivity index (χ1) is 18.3. The van der Waals surface area contributed by atoms with Crippen molar-refractivity contribution in [3.63, 3.8) is 0 Å². The van der Waals surface area contributed by atoms with Crippen molar-refractivity contribution >= 4 is 33.8 Å². The number of nitrogens with zero attached hydrogens (tertiary/aromatic N) is 6. The first kappa shape index (κ1) is 24.8. The Kier molecular flexibility index (Phi) is 6.29. The molecule has 11 nitrogen and oxygen atoms in total. The minimum absolute atomic E-state index is 0.217. The number of nitrogens with one attached hydrogen (secondary N) is 2. The number of aromatic amines is 1. The van der Waals surface area contributed by atoms with E-state index in [0.29, 0.717) is 25.6 Å². The number of rotatable bonds is 8. The molecular formula is C27H35N9O2. The Balaban J connectivity index is 1.36. The molecule has 6 rings (SSSR count). The van der Waals surface area contributed by atoms with E-state index < -0.39 is 5.54 Å². The summed E-state index contributed by atoms with van der Waals surface area (Å²) in [5.74, 6) is 2.19. The van der Waals surface area contributed by atoms with Gasteiger partial charge in [0.1, 0.15) is 5.82 Å². The Hall–Kier alpha value is -3.54. The van der Waals surface area contributed by atoms with Crippen LogP contribution in [0.1, 0.15) is 26.6 Å². The summed E-state index contributed by atoms with van der Waals surface area (Å²) in [6.07, 6.45) is 1.95. The van der Waals surface area contributed by atoms with Crippen molar-refractivity contribution in [2.75, 3.05) is 44.3 Å². The number of fused-ring (bicyclic) bond motifs is 2. The van der Waals surface area contributed by atoms with Crippen molar-refractivity contribution in [1.82, 2.24) is 34.7 Å². The molecule has 0 aliphatic carbocycles. The molecule has 4 aromatic rings. The monoisotopic (exact) mass is 517 g/mol. The molecule has 0 atom stereocenters. The smallest absolute Gasteiger partial charge is 0.237 e. The third-order valence-corrected chi connectivity index (χ3v) is 7.62. The largest absolute Gasteiger partial charge is 0.378 e. The number of carbonyl (C=O) groups is 1. The van der Waals surface area contributed by atoms with Gasteiger partial charge in [0.2, 0.25) is 5.91 Å². The van der Waals surface area contributed by atoms with Crippen LogP contribution in [-0.2, 0) is 22.6 Å². The molecule has 1 amide bonds. The van der Waals surface area contributed by atoms with Gasteiger partial charge in [0.05, 0.1) is 25.3 Å². The van der Waals surface area contributed by atoms with E-state index in [1.54, 1.807) is 0 Å². The summed E-state index contributed by atoms with van der Waals surface area (Å²) in [6, 6.07) is 8.47. The second-order valence-corrected chi connectivity index (χ2v) is 10.7. The van der Waals surface area contributed by atoms with Gasteiger partial charge in [-0.3, -0.25) is 15.0 Å². The predicted octanol–water partition coefficient (Wildman–Crippen LogP) is 1.87. The molecule has 0 spiro atoms. The van der Waals surface area contributed by atoms with Crippen molar-refractivity contribution in [2.24, 2.45) is 5.73 Å². The molecular weight excluding hydrogens is 482 g/mol. The zero-order valence-electron chi connectivity index (χ0n) is 22.2. The number of H-pyrrole nitrogens is 1. The Morgan fingerprint density at radius 1 is 1.18 bits per heavy atom. The maximum Gasteiger partial charge on any atom is 0.237 e. The zero-order chi connectivity index (χ0) is 26.4. The predicted molar refractivity (Wildman–Crippen MR) is 147 cm³/mol. The lowest BCUT2D eigenvalue weighted by Crippen LogP contribution is -2.65. The molecule has 2 aliphatic rings. The van der Waals surface area contributed by atoms with E-state index in [0.717, 1.165) is 72.0 Å². The average Bonchev–Trinajstić information content (AvgIpc) is 3.51. The lowest BCUT2D eigenvalue weighted by molar-refractivity contribution is -0.124. The van der Waals surface area contributed by atoms with Crippen molar-refractivity contribution in [2.45, 2.75) is 45.4 Å². The highest BCUT2D eigenvalue weighted by atomic mass is 16.5. The van der Waals surface area contributed by atoms with Crippen LogP contribution in [0.2, 0.25) is 0 Å². The average molecular weight is 518 g/mol. The summed E-state index contributed by atoms with van der Waals surface area (Å²) in [7, 11) is 0. The lowest BCUT2D eigenvalue weighted by Gasteiger charge is -2.42. The van der Waals surface area contributed by atoms with Crippen LogP contribution in [0.25, 0.3) is 33.5 Å². The summed E-state index contributed by atoms with van der Waals surface area (Å²) >= 11 is 0. The summed E-state index contributed by atoms with van der Waals surface area (Å²) in [4.78, 5) is 34.9. The number of hydrogen-bond acceptors (Lipinski definition) is 8. The minimum atomic E-state index is -0.727. The zero-order valence-corrected chi connectivity index (χ0v) is 22.2. The molecule has 2 aliphatic heterocycles. The summed E-state index contributed by atoms with van der Waals surface area (Å²) in [6.45, 7) is 11.7. The topological polar surface area (TPSA) is 130 Å². The molecule has 38 heavy (non-hydrogen) atoms. The summed E-state index contributed by atoms with van der Waals surface area (Å²) in [5.41, 5.74) is 8.55. The van der Waals surface area contributed by atoms with Gasteiger partial charge in [-0.15, -0.1) is 0 Å². The first-order valence-corrected chi connectivity index (χ1v) is 13.3. The van der Waals surface area contributed by atoms with Crippen LogP contribution in [0.15, 0.2) is 30.5 Å². The quantitative estimate of drug-likeness (QED) is 0.323. The van der Waals surface area contributed by atoms with E-state index in [1.807, 2.05) is 26.1 Å². The molecule has 1 aromatic carbocycles. The molecule has 0 bridgehead atoms. The SMILES string of the molecule is CCn1c(CN2CC(NC(C)(C)C(N)=O)C2)nc2c(N3CCOCC3)nc(-c3cccc4[nH]ccc34)nc21. The van der Waals surface area contributed by atoms with Crippen LogP contribution in [0.3, 0.4) is 0 Å². The Labute approximate surface area is 221 Å². The maximum atomic E-state index is 11.7. The van der Waals surface area contributed by atoms with E-state index in [2.05, 4.69) is 49.8 Å². The summed E-state index contributed by atoms with van der Waals surface area (Å²) in [5, 5.41) is 4.46. The number of nitrogens with two attached hydrogens (primary N) is 1. The van der Waals surface area contributed by atoms with Crippen LogP contribution in [0.4, 0.5) is 5.82 Å². The van der Waals surface area contributed by atoms with Crippen molar-refractivity contribution in [3.05, 3.63) is 36.3 Å². The summed E-state index contributed by atoms with van der Waals surface area (Å²) < 4.78 is 7.83. The lowest BCUT2D eigenvalue weighted by atomic mass is 10.00. The van der Waals surface area contributed by atoms with E-state index in [-0.39, 0.29) is 11.9 Å². The van der Waals surface area contributed by atoms with Crippen molar-refractivity contribution < 1.29 is 9.53 Å². The van der Waals surface area contributed by atoms with E-state index >= 15 is 0 Å². The molecule has 2 fully saturated rings. The Morgan fingerprint density at radius 3 is 2.71 bits per heavy atom. The number of imidazole rings is 1. The van der Waals surface area contributed by atoms with Crippen molar-refractivity contribution in [1.29, 1.82) is 0 Å². The fraction of sp³-hybridized carbons (Fsp3) is 0.481. The number of hydrogen-bond donors (Lipinski definition) is 3. The molecule has 0 saturated carbocycles. The second kappa shape index (κ2) is 9.64.